The molecule has 1 amide bonds. The van der Waals surface area contributed by atoms with Gasteiger partial charge in [0.15, 0.2) is 0 Å². The van der Waals surface area contributed by atoms with Crippen LogP contribution in [0.4, 0.5) is 5.69 Å². The van der Waals surface area contributed by atoms with Crippen molar-refractivity contribution in [3.63, 3.8) is 0 Å². The van der Waals surface area contributed by atoms with Crippen LogP contribution in [0.2, 0.25) is 0 Å². The fourth-order valence-electron chi connectivity index (χ4n) is 1.08. The van der Waals surface area contributed by atoms with Crippen molar-refractivity contribution in [3.05, 3.63) is 48.6 Å². The summed E-state index contributed by atoms with van der Waals surface area (Å²) in [5, 5.41) is 2.74. The second-order valence-electron chi connectivity index (χ2n) is 2.82. The molecule has 1 aromatic rings. The lowest BCUT2D eigenvalue weighted by Gasteiger charge is -2.02. The van der Waals surface area contributed by atoms with E-state index in [4.69, 9.17) is 0 Å². The van der Waals surface area contributed by atoms with Crippen molar-refractivity contribution < 1.29 is 4.79 Å². The zero-order valence-electron chi connectivity index (χ0n) is 8.16. The summed E-state index contributed by atoms with van der Waals surface area (Å²) in [5.41, 5.74) is 1.77. The number of anilines is 1. The predicted octanol–water partition coefficient (Wildman–Crippen LogP) is 2.84. The number of allylic oxidation sites excluding steroid dienone is 1. The van der Waals surface area contributed by atoms with Gasteiger partial charge in [0.2, 0.25) is 5.91 Å². The molecule has 0 atom stereocenters. The lowest BCUT2D eigenvalue weighted by atomic mass is 10.2. The molecule has 0 aliphatic carbocycles. The van der Waals surface area contributed by atoms with Crippen LogP contribution in [0.15, 0.2) is 43.0 Å². The molecule has 0 heterocycles. The summed E-state index contributed by atoms with van der Waals surface area (Å²) in [4.78, 5) is 11.2. The highest BCUT2D eigenvalue weighted by Crippen LogP contribution is 2.11. The Labute approximate surface area is 84.0 Å². The zero-order chi connectivity index (χ0) is 10.4. The Morgan fingerprint density at radius 3 is 2.93 bits per heavy atom. The topological polar surface area (TPSA) is 29.1 Å². The van der Waals surface area contributed by atoms with Crippen molar-refractivity contribution in [3.8, 4) is 0 Å². The minimum Gasteiger partial charge on any atom is -0.323 e. The first-order chi connectivity index (χ1) is 6.76. The number of hydrogen-bond donors (Lipinski definition) is 1. The lowest BCUT2D eigenvalue weighted by molar-refractivity contribution is -0.111. The Bertz CT molecular complexity index is 366. The van der Waals surface area contributed by atoms with Gasteiger partial charge < -0.3 is 5.32 Å². The van der Waals surface area contributed by atoms with Gasteiger partial charge in [-0.2, -0.15) is 0 Å². The average Bonchev–Trinajstić information content (AvgIpc) is 2.18. The van der Waals surface area contributed by atoms with E-state index in [1.54, 1.807) is 19.1 Å². The van der Waals surface area contributed by atoms with Gasteiger partial charge in [0.05, 0.1) is 0 Å². The van der Waals surface area contributed by atoms with Crippen LogP contribution < -0.4 is 5.32 Å². The van der Waals surface area contributed by atoms with E-state index in [0.717, 1.165) is 11.3 Å². The molecule has 0 spiro atoms. The quantitative estimate of drug-likeness (QED) is 0.724. The number of hydrogen-bond acceptors (Lipinski definition) is 1. The van der Waals surface area contributed by atoms with Crippen molar-refractivity contribution in [1.82, 2.24) is 0 Å². The molecule has 0 saturated heterocycles. The molecule has 72 valence electrons. The van der Waals surface area contributed by atoms with Gasteiger partial charge in [0.25, 0.3) is 0 Å². The Morgan fingerprint density at radius 2 is 2.29 bits per heavy atom. The largest absolute Gasteiger partial charge is 0.323 e. The number of benzene rings is 1. The Kier molecular flexibility index (Phi) is 3.68. The molecule has 0 bridgehead atoms. The van der Waals surface area contributed by atoms with Crippen molar-refractivity contribution in [2.75, 3.05) is 5.32 Å². The van der Waals surface area contributed by atoms with E-state index in [2.05, 4.69) is 11.9 Å². The number of carbonyl (C=O) groups is 1. The molecule has 0 aliphatic rings. The van der Waals surface area contributed by atoms with Crippen molar-refractivity contribution in [1.29, 1.82) is 0 Å². The highest BCUT2D eigenvalue weighted by Gasteiger charge is 1.96. The first-order valence-electron chi connectivity index (χ1n) is 4.42. The van der Waals surface area contributed by atoms with Gasteiger partial charge in [-0.25, -0.2) is 0 Å². The molecule has 1 aromatic carbocycles. The van der Waals surface area contributed by atoms with Gasteiger partial charge in [-0.15, -0.1) is 0 Å². The summed E-state index contributed by atoms with van der Waals surface area (Å²) in [7, 11) is 0. The van der Waals surface area contributed by atoms with Crippen molar-refractivity contribution >= 4 is 17.7 Å². The highest BCUT2D eigenvalue weighted by molar-refractivity contribution is 5.99. The summed E-state index contributed by atoms with van der Waals surface area (Å²) < 4.78 is 0. The zero-order valence-corrected chi connectivity index (χ0v) is 8.16. The third-order valence-electron chi connectivity index (χ3n) is 1.71. The number of carbonyl (C=O) groups excluding carboxylic acids is 1. The number of rotatable bonds is 3. The second kappa shape index (κ2) is 5.02. The van der Waals surface area contributed by atoms with Gasteiger partial charge in [-0.05, 0) is 30.7 Å². The Balaban J connectivity index is 2.76. The first kappa shape index (κ1) is 10.3. The van der Waals surface area contributed by atoms with Gasteiger partial charge >= 0.3 is 0 Å². The van der Waals surface area contributed by atoms with E-state index >= 15 is 0 Å². The average molecular weight is 187 g/mol. The van der Waals surface area contributed by atoms with E-state index < -0.39 is 0 Å². The van der Waals surface area contributed by atoms with Crippen molar-refractivity contribution in [2.45, 2.75) is 6.92 Å². The molecule has 2 nitrogen and oxygen atoms in total. The predicted molar refractivity (Wildman–Crippen MR) is 60.0 cm³/mol. The number of nitrogens with one attached hydrogen (secondary N) is 1. The smallest absolute Gasteiger partial charge is 0.248 e. The van der Waals surface area contributed by atoms with Gasteiger partial charge in [-0.3, -0.25) is 4.79 Å². The van der Waals surface area contributed by atoms with E-state index in [-0.39, 0.29) is 5.91 Å². The van der Waals surface area contributed by atoms with Crippen LogP contribution in [-0.2, 0) is 4.79 Å². The molecule has 14 heavy (non-hydrogen) atoms. The molecule has 1 rings (SSSR count). The SMILES string of the molecule is C=Cc1cccc(NC(=O)/C=C/C)c1. The second-order valence-corrected chi connectivity index (χ2v) is 2.82. The molecular formula is C12H13NO. The van der Waals surface area contributed by atoms with Gasteiger partial charge in [0, 0.05) is 5.69 Å². The van der Waals surface area contributed by atoms with E-state index in [9.17, 15) is 4.79 Å². The maximum atomic E-state index is 11.2. The lowest BCUT2D eigenvalue weighted by Crippen LogP contribution is -2.07. The van der Waals surface area contributed by atoms with Crippen LogP contribution in [-0.4, -0.2) is 5.91 Å². The normalized spacial score (nSPS) is 10.1. The summed E-state index contributed by atoms with van der Waals surface area (Å²) in [6.07, 6.45) is 4.93. The van der Waals surface area contributed by atoms with Crippen LogP contribution in [0.25, 0.3) is 6.08 Å². The molecule has 0 radical (unpaired) electrons. The van der Waals surface area contributed by atoms with Crippen LogP contribution in [0, 0.1) is 0 Å². The molecule has 1 N–H and O–H groups in total. The Hall–Kier alpha value is -1.83. The number of amides is 1. The van der Waals surface area contributed by atoms with E-state index in [1.165, 1.54) is 6.08 Å². The fourth-order valence-corrected chi connectivity index (χ4v) is 1.08. The third kappa shape index (κ3) is 2.90. The molecule has 0 unspecified atom stereocenters. The monoisotopic (exact) mass is 187 g/mol. The minimum absolute atomic E-state index is 0.117. The van der Waals surface area contributed by atoms with Gasteiger partial charge in [0.1, 0.15) is 0 Å². The van der Waals surface area contributed by atoms with Crippen LogP contribution >= 0.6 is 0 Å². The van der Waals surface area contributed by atoms with Crippen LogP contribution in [0.5, 0.6) is 0 Å². The Morgan fingerprint density at radius 1 is 1.50 bits per heavy atom. The molecular weight excluding hydrogens is 174 g/mol. The van der Waals surface area contributed by atoms with Gasteiger partial charge in [-0.1, -0.05) is 30.9 Å². The van der Waals surface area contributed by atoms with E-state index in [0.29, 0.717) is 0 Å². The van der Waals surface area contributed by atoms with E-state index in [1.807, 2.05) is 24.3 Å². The molecule has 0 fully saturated rings. The molecule has 0 aromatic heterocycles. The maximum Gasteiger partial charge on any atom is 0.248 e. The molecule has 2 heteroatoms. The molecule has 0 saturated carbocycles. The van der Waals surface area contributed by atoms with Crippen molar-refractivity contribution in [2.24, 2.45) is 0 Å². The standard InChI is InChI=1S/C12H13NO/c1-3-6-12(14)13-11-8-5-7-10(4-2)9-11/h3-9H,2H2,1H3,(H,13,14)/b6-3+. The fraction of sp³-hybridized carbons (Fsp3) is 0.0833. The maximum absolute atomic E-state index is 11.2. The summed E-state index contributed by atoms with van der Waals surface area (Å²) in [6, 6.07) is 7.52. The summed E-state index contributed by atoms with van der Waals surface area (Å²) in [6.45, 7) is 5.47. The van der Waals surface area contributed by atoms with Crippen LogP contribution in [0.3, 0.4) is 0 Å². The molecule has 0 aliphatic heterocycles. The highest BCUT2D eigenvalue weighted by atomic mass is 16.1. The first-order valence-corrected chi connectivity index (χ1v) is 4.42. The van der Waals surface area contributed by atoms with Crippen LogP contribution in [0.1, 0.15) is 12.5 Å². The third-order valence-corrected chi connectivity index (χ3v) is 1.71. The summed E-state index contributed by atoms with van der Waals surface area (Å²) >= 11 is 0. The minimum atomic E-state index is -0.117. The summed E-state index contributed by atoms with van der Waals surface area (Å²) in [5.74, 6) is -0.117.